The third kappa shape index (κ3) is 2.64. The van der Waals surface area contributed by atoms with E-state index in [1.807, 2.05) is 30.3 Å². The van der Waals surface area contributed by atoms with Gasteiger partial charge in [0.2, 0.25) is 10.0 Å². The van der Waals surface area contributed by atoms with Gasteiger partial charge in [-0.25, -0.2) is 12.7 Å². The van der Waals surface area contributed by atoms with E-state index < -0.39 is 21.4 Å². The van der Waals surface area contributed by atoms with Crippen LogP contribution in [0.4, 0.5) is 0 Å². The van der Waals surface area contributed by atoms with Gasteiger partial charge >= 0.3 is 5.97 Å². The Morgan fingerprint density at radius 1 is 1.27 bits per heavy atom. The van der Waals surface area contributed by atoms with Gasteiger partial charge in [0.1, 0.15) is 0 Å². The van der Waals surface area contributed by atoms with E-state index in [1.165, 1.54) is 4.31 Å². The van der Waals surface area contributed by atoms with Crippen molar-refractivity contribution in [2.45, 2.75) is 6.54 Å². The molecule has 0 saturated carbocycles. The summed E-state index contributed by atoms with van der Waals surface area (Å²) in [5.74, 6) is -1.04. The first-order chi connectivity index (χ1) is 10.3. The summed E-state index contributed by atoms with van der Waals surface area (Å²) in [4.78, 5) is 13.9. The lowest BCUT2D eigenvalue weighted by atomic mass is 9.81. The summed E-state index contributed by atoms with van der Waals surface area (Å²) < 4.78 is 24.8. The van der Waals surface area contributed by atoms with E-state index in [0.717, 1.165) is 11.8 Å². The van der Waals surface area contributed by atoms with Crippen molar-refractivity contribution < 1.29 is 18.3 Å². The number of likely N-dealkylation sites (tertiary alicyclic amines) is 1. The fourth-order valence-corrected chi connectivity index (χ4v) is 4.56. The van der Waals surface area contributed by atoms with Gasteiger partial charge in [0, 0.05) is 38.6 Å². The van der Waals surface area contributed by atoms with E-state index >= 15 is 0 Å². The molecule has 1 aromatic rings. The van der Waals surface area contributed by atoms with E-state index in [1.54, 1.807) is 0 Å². The van der Waals surface area contributed by atoms with Crippen LogP contribution < -0.4 is 0 Å². The Bertz CT molecular complexity index is 676. The highest BCUT2D eigenvalue weighted by Gasteiger charge is 2.58. The summed E-state index contributed by atoms with van der Waals surface area (Å²) in [5, 5.41) is 9.69. The number of carboxylic acids is 1. The van der Waals surface area contributed by atoms with Crippen LogP contribution in [-0.2, 0) is 21.4 Å². The fraction of sp³-hybridized carbons (Fsp3) is 0.533. The number of aliphatic carboxylic acids is 1. The lowest BCUT2D eigenvalue weighted by molar-refractivity contribution is -0.148. The van der Waals surface area contributed by atoms with Crippen molar-refractivity contribution in [2.24, 2.45) is 11.3 Å². The molecule has 0 aromatic heterocycles. The normalized spacial score (nSPS) is 29.6. The Hall–Kier alpha value is -1.44. The molecule has 1 aromatic carbocycles. The van der Waals surface area contributed by atoms with Gasteiger partial charge in [-0.2, -0.15) is 0 Å². The molecule has 7 heteroatoms. The molecule has 0 bridgehead atoms. The zero-order valence-electron chi connectivity index (χ0n) is 12.5. The number of fused-ring (bicyclic) bond motifs is 1. The van der Waals surface area contributed by atoms with Gasteiger partial charge in [0.25, 0.3) is 0 Å². The number of benzene rings is 1. The van der Waals surface area contributed by atoms with E-state index in [4.69, 9.17) is 0 Å². The number of hydrogen-bond acceptors (Lipinski definition) is 4. The fourth-order valence-electron chi connectivity index (χ4n) is 3.64. The molecule has 2 aliphatic heterocycles. The van der Waals surface area contributed by atoms with Crippen molar-refractivity contribution in [3.05, 3.63) is 35.9 Å². The standard InChI is InChI=1S/C15H20N2O4S/c1-22(20,21)17-9-13-8-16(7-12-5-3-2-4-6-12)10-15(13,11-17)14(18)19/h2-6,13H,7-11H2,1H3,(H,18,19)/t13?,15-/m1/s1. The zero-order valence-corrected chi connectivity index (χ0v) is 13.3. The number of rotatable bonds is 4. The van der Waals surface area contributed by atoms with Crippen LogP contribution in [0, 0.1) is 11.3 Å². The quantitative estimate of drug-likeness (QED) is 0.871. The van der Waals surface area contributed by atoms with Crippen molar-refractivity contribution >= 4 is 16.0 Å². The smallest absolute Gasteiger partial charge is 0.312 e. The molecule has 0 aliphatic carbocycles. The third-order valence-corrected chi connectivity index (χ3v) is 6.01. The molecule has 2 fully saturated rings. The second kappa shape index (κ2) is 5.33. The Labute approximate surface area is 130 Å². The van der Waals surface area contributed by atoms with Crippen LogP contribution in [0.2, 0.25) is 0 Å². The minimum atomic E-state index is -3.34. The largest absolute Gasteiger partial charge is 0.481 e. The Kier molecular flexibility index (Phi) is 3.74. The first-order valence-electron chi connectivity index (χ1n) is 7.26. The van der Waals surface area contributed by atoms with E-state index in [-0.39, 0.29) is 12.5 Å². The van der Waals surface area contributed by atoms with Crippen LogP contribution in [0.15, 0.2) is 30.3 Å². The van der Waals surface area contributed by atoms with Crippen molar-refractivity contribution in [3.63, 3.8) is 0 Å². The minimum absolute atomic E-state index is 0.0805. The molecule has 1 unspecified atom stereocenters. The molecule has 2 atom stereocenters. The summed E-state index contributed by atoms with van der Waals surface area (Å²) >= 11 is 0. The third-order valence-electron chi connectivity index (χ3n) is 4.79. The van der Waals surface area contributed by atoms with Crippen molar-refractivity contribution in [1.82, 2.24) is 9.21 Å². The number of hydrogen-bond donors (Lipinski definition) is 1. The van der Waals surface area contributed by atoms with Gasteiger partial charge in [-0.05, 0) is 5.56 Å². The number of sulfonamides is 1. The highest BCUT2D eigenvalue weighted by Crippen LogP contribution is 2.43. The second-order valence-corrected chi connectivity index (χ2v) is 8.35. The van der Waals surface area contributed by atoms with E-state index in [0.29, 0.717) is 26.2 Å². The summed E-state index contributed by atoms with van der Waals surface area (Å²) in [6.07, 6.45) is 1.14. The zero-order chi connectivity index (χ0) is 16.0. The van der Waals surface area contributed by atoms with Gasteiger partial charge in [0.15, 0.2) is 0 Å². The van der Waals surface area contributed by atoms with Crippen LogP contribution in [0.3, 0.4) is 0 Å². The monoisotopic (exact) mass is 324 g/mol. The van der Waals surface area contributed by atoms with Crippen LogP contribution in [0.25, 0.3) is 0 Å². The molecule has 0 radical (unpaired) electrons. The summed E-state index contributed by atoms with van der Waals surface area (Å²) in [5.41, 5.74) is 0.167. The SMILES string of the molecule is CS(=O)(=O)N1CC2CN(Cc3ccccc3)C[C@@]2(C(=O)O)C1. The second-order valence-electron chi connectivity index (χ2n) is 6.37. The molecule has 3 rings (SSSR count). The van der Waals surface area contributed by atoms with Gasteiger partial charge in [0.05, 0.1) is 11.7 Å². The van der Waals surface area contributed by atoms with E-state index in [9.17, 15) is 18.3 Å². The van der Waals surface area contributed by atoms with Gasteiger partial charge < -0.3 is 5.11 Å². The molecule has 2 aliphatic rings. The maximum atomic E-state index is 11.8. The van der Waals surface area contributed by atoms with Gasteiger partial charge in [-0.3, -0.25) is 9.69 Å². The van der Waals surface area contributed by atoms with Crippen LogP contribution in [0.1, 0.15) is 5.56 Å². The number of carboxylic acid groups (broad SMARTS) is 1. The maximum Gasteiger partial charge on any atom is 0.312 e. The summed E-state index contributed by atoms with van der Waals surface area (Å²) in [6, 6.07) is 9.91. The number of carbonyl (C=O) groups is 1. The summed E-state index contributed by atoms with van der Waals surface area (Å²) in [7, 11) is -3.34. The van der Waals surface area contributed by atoms with Crippen LogP contribution in [-0.4, -0.2) is 61.1 Å². The van der Waals surface area contributed by atoms with Gasteiger partial charge in [-0.1, -0.05) is 30.3 Å². The highest BCUT2D eigenvalue weighted by atomic mass is 32.2. The summed E-state index contributed by atoms with van der Waals surface area (Å²) in [6.45, 7) is 2.10. The first-order valence-corrected chi connectivity index (χ1v) is 9.11. The minimum Gasteiger partial charge on any atom is -0.481 e. The lowest BCUT2D eigenvalue weighted by Gasteiger charge is -2.24. The van der Waals surface area contributed by atoms with Crippen LogP contribution >= 0.6 is 0 Å². The predicted octanol–water partition coefficient (Wildman–Crippen LogP) is 0.465. The molecule has 2 heterocycles. The Balaban J connectivity index is 1.78. The van der Waals surface area contributed by atoms with Crippen molar-refractivity contribution in [2.75, 3.05) is 32.4 Å². The average molecular weight is 324 g/mol. The van der Waals surface area contributed by atoms with Crippen molar-refractivity contribution in [3.8, 4) is 0 Å². The molecule has 22 heavy (non-hydrogen) atoms. The number of nitrogens with zero attached hydrogens (tertiary/aromatic N) is 2. The average Bonchev–Trinajstić information content (AvgIpc) is 2.94. The molecular weight excluding hydrogens is 304 g/mol. The van der Waals surface area contributed by atoms with Gasteiger partial charge in [-0.15, -0.1) is 0 Å². The Morgan fingerprint density at radius 2 is 1.95 bits per heavy atom. The molecule has 1 N–H and O–H groups in total. The topological polar surface area (TPSA) is 77.9 Å². The van der Waals surface area contributed by atoms with Crippen molar-refractivity contribution in [1.29, 1.82) is 0 Å². The molecule has 0 spiro atoms. The molecule has 0 amide bonds. The van der Waals surface area contributed by atoms with Crippen LogP contribution in [0.5, 0.6) is 0 Å². The van der Waals surface area contributed by atoms with E-state index in [2.05, 4.69) is 4.90 Å². The molecule has 2 saturated heterocycles. The molecule has 6 nitrogen and oxygen atoms in total. The first kappa shape index (κ1) is 15.5. The molecular formula is C15H20N2O4S. The Morgan fingerprint density at radius 3 is 2.50 bits per heavy atom. The maximum absolute atomic E-state index is 11.8. The highest BCUT2D eigenvalue weighted by molar-refractivity contribution is 7.88. The predicted molar refractivity (Wildman–Crippen MR) is 81.7 cm³/mol. The molecule has 120 valence electrons. The lowest BCUT2D eigenvalue weighted by Crippen LogP contribution is -2.41.